The average molecular weight is 471 g/mol. The molecule has 1 heterocycles. The highest BCUT2D eigenvalue weighted by Gasteiger charge is 2.38. The van der Waals surface area contributed by atoms with Crippen LogP contribution in [-0.4, -0.2) is 76.2 Å². The summed E-state index contributed by atoms with van der Waals surface area (Å²) in [6, 6.07) is -4.44. The van der Waals surface area contributed by atoms with E-state index < -0.39 is 59.7 Å². The number of carbonyl (C=O) groups is 6. The van der Waals surface area contributed by atoms with Crippen LogP contribution >= 0.6 is 0 Å². The van der Waals surface area contributed by atoms with E-state index in [1.807, 2.05) is 0 Å². The molecule has 0 bridgehead atoms. The van der Waals surface area contributed by atoms with E-state index in [0.717, 1.165) is 4.90 Å². The molecule has 1 fully saturated rings. The molecule has 0 radical (unpaired) electrons. The maximum atomic E-state index is 13.0. The van der Waals surface area contributed by atoms with Gasteiger partial charge < -0.3 is 37.8 Å². The van der Waals surface area contributed by atoms with E-state index >= 15 is 0 Å². The zero-order valence-corrected chi connectivity index (χ0v) is 18.9. The first kappa shape index (κ1) is 27.8. The lowest BCUT2D eigenvalue weighted by Gasteiger charge is -2.29. The van der Waals surface area contributed by atoms with Gasteiger partial charge in [-0.3, -0.25) is 24.0 Å². The van der Waals surface area contributed by atoms with Gasteiger partial charge in [0.1, 0.15) is 18.1 Å². The van der Waals surface area contributed by atoms with E-state index in [2.05, 4.69) is 10.6 Å². The molecule has 1 aliphatic rings. The van der Waals surface area contributed by atoms with Crippen molar-refractivity contribution >= 4 is 35.5 Å². The quantitative estimate of drug-likeness (QED) is 0.169. The molecular weight excluding hydrogens is 436 g/mol. The third-order valence-electron chi connectivity index (χ3n) is 5.45. The van der Waals surface area contributed by atoms with Gasteiger partial charge in [-0.15, -0.1) is 0 Å². The average Bonchev–Trinajstić information content (AvgIpc) is 3.22. The summed E-state index contributed by atoms with van der Waals surface area (Å²) >= 11 is 0. The van der Waals surface area contributed by atoms with E-state index in [1.165, 1.54) is 0 Å². The lowest BCUT2D eigenvalue weighted by Crippen LogP contribution is -2.57. The van der Waals surface area contributed by atoms with Gasteiger partial charge in [0.2, 0.25) is 29.5 Å². The minimum atomic E-state index is -1.25. The number of carboxylic acids is 1. The minimum Gasteiger partial charge on any atom is -0.480 e. The molecule has 4 unspecified atom stereocenters. The number of nitrogens with two attached hydrogens (primary N) is 3. The maximum Gasteiger partial charge on any atom is 0.326 e. The topological polar surface area (TPSA) is 228 Å². The molecule has 9 N–H and O–H groups in total. The number of amides is 5. The Hall–Kier alpha value is -3.22. The van der Waals surface area contributed by atoms with E-state index in [0.29, 0.717) is 6.42 Å². The van der Waals surface area contributed by atoms with Crippen LogP contribution in [0.4, 0.5) is 0 Å². The first-order valence-corrected chi connectivity index (χ1v) is 10.8. The fourth-order valence-corrected chi connectivity index (χ4v) is 3.43. The van der Waals surface area contributed by atoms with E-state index in [4.69, 9.17) is 17.2 Å². The second-order valence-electron chi connectivity index (χ2n) is 8.43. The van der Waals surface area contributed by atoms with Crippen LogP contribution < -0.4 is 27.8 Å². The summed E-state index contributed by atoms with van der Waals surface area (Å²) in [4.78, 5) is 73.5. The van der Waals surface area contributed by atoms with E-state index in [1.54, 1.807) is 13.8 Å². The summed E-state index contributed by atoms with van der Waals surface area (Å²) in [5.41, 5.74) is 16.2. The third kappa shape index (κ3) is 8.67. The van der Waals surface area contributed by atoms with Crippen LogP contribution in [0.1, 0.15) is 52.4 Å². The van der Waals surface area contributed by atoms with Crippen LogP contribution in [-0.2, 0) is 28.8 Å². The minimum absolute atomic E-state index is 0.143. The van der Waals surface area contributed by atoms with E-state index in [9.17, 15) is 33.9 Å². The Morgan fingerprint density at radius 3 is 1.94 bits per heavy atom. The van der Waals surface area contributed by atoms with Gasteiger partial charge in [-0.05, 0) is 31.6 Å². The number of rotatable bonds is 13. The summed E-state index contributed by atoms with van der Waals surface area (Å²) in [6.45, 7) is 3.62. The number of likely N-dealkylation sites (tertiary alicyclic amines) is 1. The van der Waals surface area contributed by atoms with Gasteiger partial charge in [-0.1, -0.05) is 13.8 Å². The van der Waals surface area contributed by atoms with Crippen molar-refractivity contribution in [3.8, 4) is 0 Å². The van der Waals surface area contributed by atoms with Crippen molar-refractivity contribution in [2.24, 2.45) is 23.1 Å². The van der Waals surface area contributed by atoms with Gasteiger partial charge >= 0.3 is 5.97 Å². The molecule has 33 heavy (non-hydrogen) atoms. The Balaban J connectivity index is 3.05. The van der Waals surface area contributed by atoms with Crippen molar-refractivity contribution in [2.45, 2.75) is 76.5 Å². The monoisotopic (exact) mass is 470 g/mol. The van der Waals surface area contributed by atoms with Crippen LogP contribution in [0.2, 0.25) is 0 Å². The molecule has 5 amide bonds. The Morgan fingerprint density at radius 1 is 0.939 bits per heavy atom. The molecule has 13 heteroatoms. The largest absolute Gasteiger partial charge is 0.480 e. The van der Waals surface area contributed by atoms with Crippen LogP contribution in [0.5, 0.6) is 0 Å². The fraction of sp³-hybridized carbons (Fsp3) is 0.700. The van der Waals surface area contributed by atoms with E-state index in [-0.39, 0.29) is 44.6 Å². The first-order valence-electron chi connectivity index (χ1n) is 10.8. The number of primary amides is 2. The molecule has 1 aliphatic heterocycles. The first-order chi connectivity index (χ1) is 15.3. The Bertz CT molecular complexity index is 772. The zero-order chi connectivity index (χ0) is 25.3. The highest BCUT2D eigenvalue weighted by atomic mass is 16.4. The van der Waals surface area contributed by atoms with Crippen LogP contribution in [0.15, 0.2) is 0 Å². The maximum absolute atomic E-state index is 13.0. The van der Waals surface area contributed by atoms with Crippen molar-refractivity contribution in [1.82, 2.24) is 15.5 Å². The number of hydrogen-bond acceptors (Lipinski definition) is 7. The molecule has 0 aromatic heterocycles. The molecule has 0 saturated carbocycles. The Morgan fingerprint density at radius 2 is 1.45 bits per heavy atom. The highest BCUT2D eigenvalue weighted by molar-refractivity contribution is 5.94. The lowest BCUT2D eigenvalue weighted by molar-refractivity contribution is -0.149. The third-order valence-corrected chi connectivity index (χ3v) is 5.45. The Kier molecular flexibility index (Phi) is 10.7. The van der Waals surface area contributed by atoms with Gasteiger partial charge in [0.05, 0.1) is 6.04 Å². The van der Waals surface area contributed by atoms with Gasteiger partial charge in [-0.25, -0.2) is 4.79 Å². The number of carbonyl (C=O) groups excluding carboxylic acids is 5. The molecule has 0 aromatic carbocycles. The summed E-state index contributed by atoms with van der Waals surface area (Å²) < 4.78 is 0. The van der Waals surface area contributed by atoms with Crippen LogP contribution in [0.25, 0.3) is 0 Å². The molecule has 0 aliphatic carbocycles. The van der Waals surface area contributed by atoms with Crippen molar-refractivity contribution in [2.75, 3.05) is 6.54 Å². The number of carboxylic acid groups (broad SMARTS) is 1. The molecule has 186 valence electrons. The van der Waals surface area contributed by atoms with Gasteiger partial charge in [0, 0.05) is 19.4 Å². The van der Waals surface area contributed by atoms with Crippen molar-refractivity contribution < 1.29 is 33.9 Å². The summed E-state index contributed by atoms with van der Waals surface area (Å²) in [5, 5.41) is 14.3. The van der Waals surface area contributed by atoms with Gasteiger partial charge in [0.15, 0.2) is 0 Å². The van der Waals surface area contributed by atoms with Crippen LogP contribution in [0.3, 0.4) is 0 Å². The molecule has 1 saturated heterocycles. The smallest absolute Gasteiger partial charge is 0.326 e. The molecular formula is C20H34N6O7. The second-order valence-corrected chi connectivity index (χ2v) is 8.43. The summed E-state index contributed by atoms with van der Waals surface area (Å²) in [5.74, 6) is -4.89. The number of nitrogens with one attached hydrogen (secondary N) is 2. The number of hydrogen-bond donors (Lipinski definition) is 6. The highest BCUT2D eigenvalue weighted by Crippen LogP contribution is 2.19. The molecule has 13 nitrogen and oxygen atoms in total. The second kappa shape index (κ2) is 12.7. The zero-order valence-electron chi connectivity index (χ0n) is 18.9. The normalized spacial score (nSPS) is 18.3. The SMILES string of the molecule is CC(C)C(N)C(=O)NC(CCC(N)=O)C(=O)NC(CCC(N)=O)C(=O)N1CCCC1C(=O)O. The van der Waals surface area contributed by atoms with Gasteiger partial charge in [-0.2, -0.15) is 0 Å². The predicted molar refractivity (Wildman–Crippen MR) is 116 cm³/mol. The standard InChI is InChI=1S/C20H34N6O7/c1-10(2)16(23)18(30)24-11(5-7-14(21)27)17(29)25-12(6-8-15(22)28)19(31)26-9-3-4-13(26)20(32)33/h10-13,16H,3-9,23H2,1-2H3,(H2,21,27)(H2,22,28)(H,24,30)(H,25,29)(H,32,33). The fourth-order valence-electron chi connectivity index (χ4n) is 3.43. The van der Waals surface area contributed by atoms with Crippen LogP contribution in [0, 0.1) is 5.92 Å². The number of aliphatic carboxylic acids is 1. The molecule has 4 atom stereocenters. The molecule has 0 aromatic rings. The molecule has 0 spiro atoms. The summed E-state index contributed by atoms with van der Waals surface area (Å²) in [6.07, 6.45) is -0.0205. The number of nitrogens with zero attached hydrogens (tertiary/aromatic N) is 1. The van der Waals surface area contributed by atoms with Gasteiger partial charge in [0.25, 0.3) is 0 Å². The predicted octanol–water partition coefficient (Wildman–Crippen LogP) is -2.45. The molecule has 1 rings (SSSR count). The Labute approximate surface area is 191 Å². The summed E-state index contributed by atoms with van der Waals surface area (Å²) in [7, 11) is 0. The lowest BCUT2D eigenvalue weighted by atomic mass is 10.0. The van der Waals surface area contributed by atoms with Crippen molar-refractivity contribution in [3.05, 3.63) is 0 Å². The van der Waals surface area contributed by atoms with Crippen molar-refractivity contribution in [1.29, 1.82) is 0 Å². The van der Waals surface area contributed by atoms with Crippen molar-refractivity contribution in [3.63, 3.8) is 0 Å².